The van der Waals surface area contributed by atoms with Crippen LogP contribution in [0.15, 0.2) is 12.2 Å². The Morgan fingerprint density at radius 1 is 1.31 bits per heavy atom. The molecule has 4 N–H and O–H groups in total. The monoisotopic (exact) mass is 191 g/mol. The molecule has 0 spiro atoms. The molecule has 0 saturated carbocycles. The summed E-state index contributed by atoms with van der Waals surface area (Å²) in [5, 5.41) is 27.1. The van der Waals surface area contributed by atoms with Gasteiger partial charge in [0.25, 0.3) is 0 Å². The van der Waals surface area contributed by atoms with Crippen molar-refractivity contribution in [1.82, 2.24) is 5.32 Å². The van der Waals surface area contributed by atoms with Crippen molar-refractivity contribution >= 4 is 5.97 Å². The molecule has 0 radical (unpaired) electrons. The predicted octanol–water partition coefficient (Wildman–Crippen LogP) is -0.100. The van der Waals surface area contributed by atoms with Crippen LogP contribution >= 0.6 is 0 Å². The highest BCUT2D eigenvalue weighted by molar-refractivity contribution is 5.79. The molecule has 5 heteroatoms. The molecule has 0 aromatic carbocycles. The molecule has 13 heavy (non-hydrogen) atoms. The minimum absolute atomic E-state index is 0.625. The number of carbonyl (C=O) groups is 1. The van der Waals surface area contributed by atoms with Crippen molar-refractivity contribution in [2.75, 3.05) is 0 Å². The van der Waals surface area contributed by atoms with Crippen LogP contribution in [0, 0.1) is 0 Å². The number of rotatable bonds is 3. The quantitative estimate of drug-likeness (QED) is 0.369. The van der Waals surface area contributed by atoms with Crippen LogP contribution in [0.4, 0.5) is 0 Å². The summed E-state index contributed by atoms with van der Waals surface area (Å²) in [4.78, 5) is 9.51. The molecule has 2 unspecified atom stereocenters. The molecule has 0 aliphatic carbocycles. The van der Waals surface area contributed by atoms with Crippen molar-refractivity contribution in [3.8, 4) is 0 Å². The highest BCUT2D eigenvalue weighted by atomic mass is 16.4. The molecule has 0 amide bonds. The van der Waals surface area contributed by atoms with E-state index >= 15 is 0 Å². The van der Waals surface area contributed by atoms with Crippen LogP contribution in [0.5, 0.6) is 0 Å². The largest absolute Gasteiger partial charge is 0.478 e. The Kier molecular flexibility index (Phi) is 10.3. The number of hydrogen-bond acceptors (Lipinski definition) is 4. The van der Waals surface area contributed by atoms with E-state index < -0.39 is 18.4 Å². The Balaban J connectivity index is 0. The van der Waals surface area contributed by atoms with Gasteiger partial charge in [0, 0.05) is 6.08 Å². The highest BCUT2D eigenvalue weighted by Gasteiger charge is 1.95. The van der Waals surface area contributed by atoms with Gasteiger partial charge in [0.15, 0.2) is 0 Å². The van der Waals surface area contributed by atoms with Crippen LogP contribution in [0.2, 0.25) is 0 Å². The number of carboxylic acids is 1. The molecule has 78 valence electrons. The van der Waals surface area contributed by atoms with Crippen LogP contribution in [0.3, 0.4) is 0 Å². The number of hydrogen-bond donors (Lipinski definition) is 4. The van der Waals surface area contributed by atoms with Gasteiger partial charge in [0.05, 0.1) is 0 Å². The first-order valence-electron chi connectivity index (χ1n) is 3.88. The van der Waals surface area contributed by atoms with Crippen molar-refractivity contribution in [3.05, 3.63) is 12.2 Å². The Morgan fingerprint density at radius 2 is 1.69 bits per heavy atom. The van der Waals surface area contributed by atoms with Gasteiger partial charge in [-0.3, -0.25) is 5.32 Å². The lowest BCUT2D eigenvalue weighted by Crippen LogP contribution is -2.33. The highest BCUT2D eigenvalue weighted by Crippen LogP contribution is 1.74. The summed E-state index contributed by atoms with van der Waals surface area (Å²) in [5.74, 6) is -0.891. The van der Waals surface area contributed by atoms with Crippen LogP contribution < -0.4 is 5.32 Å². The van der Waals surface area contributed by atoms with E-state index in [0.29, 0.717) is 0 Å². The molecule has 0 aromatic heterocycles. The van der Waals surface area contributed by atoms with Crippen molar-refractivity contribution in [1.29, 1.82) is 0 Å². The van der Waals surface area contributed by atoms with E-state index in [4.69, 9.17) is 15.3 Å². The maximum atomic E-state index is 9.51. The summed E-state index contributed by atoms with van der Waals surface area (Å²) in [6.07, 6.45) is 1.31. The van der Waals surface area contributed by atoms with Gasteiger partial charge in [0.1, 0.15) is 12.5 Å². The van der Waals surface area contributed by atoms with Crippen LogP contribution in [-0.2, 0) is 4.79 Å². The first-order chi connectivity index (χ1) is 5.90. The average Bonchev–Trinajstić information content (AvgIpc) is 1.83. The first kappa shape index (κ1) is 14.6. The fourth-order valence-corrected chi connectivity index (χ4v) is 0.492. The Labute approximate surface area is 77.7 Å². The van der Waals surface area contributed by atoms with Gasteiger partial charge in [0.2, 0.25) is 0 Å². The molecular weight excluding hydrogens is 174 g/mol. The van der Waals surface area contributed by atoms with Crippen LogP contribution in [0.1, 0.15) is 20.8 Å². The third-order valence-electron chi connectivity index (χ3n) is 0.792. The average molecular weight is 191 g/mol. The number of nitrogens with one attached hydrogen (secondary N) is 1. The second-order valence-corrected chi connectivity index (χ2v) is 2.36. The predicted molar refractivity (Wildman–Crippen MR) is 48.9 cm³/mol. The molecule has 0 aliphatic heterocycles. The van der Waals surface area contributed by atoms with Gasteiger partial charge in [-0.2, -0.15) is 0 Å². The van der Waals surface area contributed by atoms with Crippen molar-refractivity contribution in [2.45, 2.75) is 33.2 Å². The van der Waals surface area contributed by atoms with E-state index in [-0.39, 0.29) is 0 Å². The van der Waals surface area contributed by atoms with Crippen LogP contribution in [0.25, 0.3) is 0 Å². The zero-order valence-corrected chi connectivity index (χ0v) is 8.06. The van der Waals surface area contributed by atoms with Gasteiger partial charge in [-0.25, -0.2) is 4.79 Å². The second-order valence-electron chi connectivity index (χ2n) is 2.36. The van der Waals surface area contributed by atoms with Crippen molar-refractivity contribution in [2.24, 2.45) is 0 Å². The summed E-state index contributed by atoms with van der Waals surface area (Å²) >= 11 is 0. The van der Waals surface area contributed by atoms with Crippen LogP contribution in [-0.4, -0.2) is 33.7 Å². The van der Waals surface area contributed by atoms with Crippen molar-refractivity contribution in [3.63, 3.8) is 0 Å². The second kappa shape index (κ2) is 9.18. The fourth-order valence-electron chi connectivity index (χ4n) is 0.492. The Morgan fingerprint density at radius 3 is 1.69 bits per heavy atom. The lowest BCUT2D eigenvalue weighted by Gasteiger charge is -2.08. The number of carboxylic acid groups (broad SMARTS) is 1. The molecule has 0 bridgehead atoms. The molecule has 5 nitrogen and oxygen atoms in total. The maximum Gasteiger partial charge on any atom is 0.327 e. The summed E-state index contributed by atoms with van der Waals surface area (Å²) in [7, 11) is 0. The Hall–Kier alpha value is -0.910. The normalized spacial score (nSPS) is 14.5. The topological polar surface area (TPSA) is 89.8 Å². The smallest absolute Gasteiger partial charge is 0.327 e. The van der Waals surface area contributed by atoms with E-state index in [1.807, 2.05) is 0 Å². The van der Waals surface area contributed by atoms with Crippen molar-refractivity contribution < 1.29 is 20.1 Å². The molecule has 0 heterocycles. The van der Waals surface area contributed by atoms with Gasteiger partial charge in [-0.05, 0) is 20.8 Å². The number of aliphatic hydroxyl groups excluding tert-OH is 2. The SMILES string of the molecule is C/C=C/C(=O)O.CC(O)NC(C)O. The number of allylic oxidation sites excluding steroid dienone is 1. The lowest BCUT2D eigenvalue weighted by atomic mass is 10.5. The minimum Gasteiger partial charge on any atom is -0.478 e. The van der Waals surface area contributed by atoms with E-state index in [1.54, 1.807) is 20.8 Å². The van der Waals surface area contributed by atoms with Gasteiger partial charge >= 0.3 is 5.97 Å². The first-order valence-corrected chi connectivity index (χ1v) is 3.88. The third kappa shape index (κ3) is 24.7. The molecule has 2 atom stereocenters. The molecule has 0 fully saturated rings. The molecule has 0 aromatic rings. The molecule has 0 rings (SSSR count). The molecule has 0 aliphatic rings. The summed E-state index contributed by atoms with van der Waals surface area (Å²) < 4.78 is 0. The van der Waals surface area contributed by atoms with Gasteiger partial charge < -0.3 is 15.3 Å². The fraction of sp³-hybridized carbons (Fsp3) is 0.625. The standard InChI is InChI=1S/C4H11NO2.C4H6O2/c1-3(6)5-4(2)7;1-2-3-4(5)6/h3-7H,1-2H3;2-3H,1H3,(H,5,6)/b;3-2+. The Bertz CT molecular complexity index is 148. The van der Waals surface area contributed by atoms with Gasteiger partial charge in [-0.1, -0.05) is 6.08 Å². The minimum atomic E-state index is -0.891. The van der Waals surface area contributed by atoms with E-state index in [9.17, 15) is 4.79 Å². The van der Waals surface area contributed by atoms with E-state index in [1.165, 1.54) is 6.08 Å². The number of aliphatic carboxylic acids is 1. The summed E-state index contributed by atoms with van der Waals surface area (Å²) in [6.45, 7) is 4.76. The number of aliphatic hydroxyl groups is 2. The third-order valence-corrected chi connectivity index (χ3v) is 0.792. The molecular formula is C8H17NO4. The van der Waals surface area contributed by atoms with E-state index in [2.05, 4.69) is 5.32 Å². The zero-order valence-electron chi connectivity index (χ0n) is 8.06. The zero-order chi connectivity index (χ0) is 10.9. The summed E-state index contributed by atoms with van der Waals surface area (Å²) in [6, 6.07) is 0. The lowest BCUT2D eigenvalue weighted by molar-refractivity contribution is -0.131. The molecule has 0 saturated heterocycles. The maximum absolute atomic E-state index is 9.51. The van der Waals surface area contributed by atoms with E-state index in [0.717, 1.165) is 6.08 Å². The van der Waals surface area contributed by atoms with Gasteiger partial charge in [-0.15, -0.1) is 0 Å². The summed E-state index contributed by atoms with van der Waals surface area (Å²) in [5.41, 5.74) is 0.